The van der Waals surface area contributed by atoms with Crippen LogP contribution >= 0.6 is 15.9 Å². The van der Waals surface area contributed by atoms with Gasteiger partial charge in [-0.3, -0.25) is 0 Å². The third-order valence-electron chi connectivity index (χ3n) is 4.54. The van der Waals surface area contributed by atoms with Crippen molar-refractivity contribution in [3.8, 4) is 0 Å². The van der Waals surface area contributed by atoms with Gasteiger partial charge in [-0.05, 0) is 55.9 Å². The zero-order valence-electron chi connectivity index (χ0n) is 12.6. The van der Waals surface area contributed by atoms with Crippen LogP contribution in [-0.2, 0) is 0 Å². The van der Waals surface area contributed by atoms with E-state index in [0.717, 1.165) is 10.4 Å². The predicted octanol–water partition coefficient (Wildman–Crippen LogP) is 5.35. The van der Waals surface area contributed by atoms with Crippen molar-refractivity contribution in [2.45, 2.75) is 44.7 Å². The number of benzene rings is 2. The zero-order valence-corrected chi connectivity index (χ0v) is 14.2. The van der Waals surface area contributed by atoms with Crippen LogP contribution in [0, 0.1) is 6.92 Å². The molecule has 1 atom stereocenters. The highest BCUT2D eigenvalue weighted by Gasteiger charge is 2.30. The molecule has 2 heteroatoms. The lowest BCUT2D eigenvalue weighted by molar-refractivity contribution is 0.271. The van der Waals surface area contributed by atoms with Crippen molar-refractivity contribution < 1.29 is 0 Å². The monoisotopic (exact) mass is 343 g/mol. The molecule has 3 rings (SSSR count). The average Bonchev–Trinajstić information content (AvgIpc) is 2.44. The summed E-state index contributed by atoms with van der Waals surface area (Å²) >= 11 is 3.50. The minimum absolute atomic E-state index is 0.432. The SMILES string of the molecule is Cc1ccc(C(C)NC2CC(c3ccc(Br)cc3)C2)cc1. The molecular weight excluding hydrogens is 322 g/mol. The Morgan fingerprint density at radius 2 is 1.62 bits per heavy atom. The Morgan fingerprint density at radius 1 is 1.00 bits per heavy atom. The summed E-state index contributed by atoms with van der Waals surface area (Å²) < 4.78 is 1.16. The molecule has 110 valence electrons. The van der Waals surface area contributed by atoms with Gasteiger partial charge in [0.1, 0.15) is 0 Å². The Balaban J connectivity index is 1.52. The Bertz CT molecular complexity index is 582. The molecule has 21 heavy (non-hydrogen) atoms. The van der Waals surface area contributed by atoms with Gasteiger partial charge in [-0.15, -0.1) is 0 Å². The fourth-order valence-electron chi connectivity index (χ4n) is 3.07. The second-order valence-corrected chi connectivity index (χ2v) is 7.13. The van der Waals surface area contributed by atoms with Gasteiger partial charge in [0.15, 0.2) is 0 Å². The minimum Gasteiger partial charge on any atom is -0.307 e. The second kappa shape index (κ2) is 6.33. The van der Waals surface area contributed by atoms with Crippen LogP contribution in [0.4, 0.5) is 0 Å². The molecule has 0 aromatic heterocycles. The van der Waals surface area contributed by atoms with Crippen molar-refractivity contribution in [3.63, 3.8) is 0 Å². The van der Waals surface area contributed by atoms with Crippen LogP contribution < -0.4 is 5.32 Å². The lowest BCUT2D eigenvalue weighted by Gasteiger charge is -2.38. The predicted molar refractivity (Wildman–Crippen MR) is 92.6 cm³/mol. The summed E-state index contributed by atoms with van der Waals surface area (Å²) in [6.07, 6.45) is 2.50. The maximum absolute atomic E-state index is 3.75. The maximum Gasteiger partial charge on any atom is 0.0294 e. The van der Waals surface area contributed by atoms with E-state index in [4.69, 9.17) is 0 Å². The van der Waals surface area contributed by atoms with Crippen LogP contribution in [0.1, 0.15) is 48.4 Å². The molecule has 1 aliphatic carbocycles. The zero-order chi connectivity index (χ0) is 14.8. The lowest BCUT2D eigenvalue weighted by Crippen LogP contribution is -2.41. The highest BCUT2D eigenvalue weighted by molar-refractivity contribution is 9.10. The van der Waals surface area contributed by atoms with Crippen molar-refractivity contribution in [3.05, 3.63) is 69.7 Å². The Labute approximate surface area is 135 Å². The quantitative estimate of drug-likeness (QED) is 0.788. The van der Waals surface area contributed by atoms with Crippen LogP contribution in [0.15, 0.2) is 53.0 Å². The van der Waals surface area contributed by atoms with Gasteiger partial charge in [0, 0.05) is 16.6 Å². The highest BCUT2D eigenvalue weighted by atomic mass is 79.9. The molecule has 0 bridgehead atoms. The van der Waals surface area contributed by atoms with E-state index in [1.54, 1.807) is 0 Å². The Hall–Kier alpha value is -1.12. The third-order valence-corrected chi connectivity index (χ3v) is 5.07. The first-order valence-corrected chi connectivity index (χ1v) is 8.49. The topological polar surface area (TPSA) is 12.0 Å². The van der Waals surface area contributed by atoms with Gasteiger partial charge in [0.2, 0.25) is 0 Å². The molecule has 0 saturated heterocycles. The van der Waals surface area contributed by atoms with Crippen LogP contribution in [-0.4, -0.2) is 6.04 Å². The summed E-state index contributed by atoms with van der Waals surface area (Å²) in [4.78, 5) is 0. The fourth-order valence-corrected chi connectivity index (χ4v) is 3.33. The maximum atomic E-state index is 3.75. The van der Waals surface area contributed by atoms with E-state index < -0.39 is 0 Å². The van der Waals surface area contributed by atoms with E-state index in [9.17, 15) is 0 Å². The molecular formula is C19H22BrN. The number of halogens is 1. The summed E-state index contributed by atoms with van der Waals surface area (Å²) in [5, 5.41) is 3.75. The van der Waals surface area contributed by atoms with E-state index in [1.165, 1.54) is 29.5 Å². The fraction of sp³-hybridized carbons (Fsp3) is 0.368. The molecule has 0 heterocycles. The number of nitrogens with one attached hydrogen (secondary N) is 1. The molecule has 1 fully saturated rings. The van der Waals surface area contributed by atoms with E-state index >= 15 is 0 Å². The molecule has 0 aliphatic heterocycles. The molecule has 0 radical (unpaired) electrons. The van der Waals surface area contributed by atoms with Gasteiger partial charge in [0.25, 0.3) is 0 Å². The number of aryl methyl sites for hydroxylation is 1. The van der Waals surface area contributed by atoms with E-state index in [2.05, 4.69) is 83.6 Å². The van der Waals surface area contributed by atoms with Crippen LogP contribution in [0.2, 0.25) is 0 Å². The largest absolute Gasteiger partial charge is 0.307 e. The summed E-state index contributed by atoms with van der Waals surface area (Å²) in [6.45, 7) is 4.40. The smallest absolute Gasteiger partial charge is 0.0294 e. The molecule has 1 aliphatic rings. The number of hydrogen-bond donors (Lipinski definition) is 1. The van der Waals surface area contributed by atoms with Crippen molar-refractivity contribution in [1.29, 1.82) is 0 Å². The van der Waals surface area contributed by atoms with Gasteiger partial charge >= 0.3 is 0 Å². The highest BCUT2D eigenvalue weighted by Crippen LogP contribution is 2.38. The van der Waals surface area contributed by atoms with Crippen molar-refractivity contribution in [2.75, 3.05) is 0 Å². The summed E-state index contributed by atoms with van der Waals surface area (Å²) in [7, 11) is 0. The Morgan fingerprint density at radius 3 is 2.24 bits per heavy atom. The average molecular weight is 344 g/mol. The lowest BCUT2D eigenvalue weighted by atomic mass is 9.75. The van der Waals surface area contributed by atoms with Crippen molar-refractivity contribution >= 4 is 15.9 Å². The normalized spacial score (nSPS) is 22.6. The van der Waals surface area contributed by atoms with Crippen molar-refractivity contribution in [2.24, 2.45) is 0 Å². The number of rotatable bonds is 4. The Kier molecular flexibility index (Phi) is 4.46. The standard InChI is InChI=1S/C19H22BrN/c1-13-3-5-15(6-4-13)14(2)21-19-11-17(12-19)16-7-9-18(20)10-8-16/h3-10,14,17,19,21H,11-12H2,1-2H3. The van der Waals surface area contributed by atoms with E-state index in [1.807, 2.05) is 0 Å². The summed E-state index contributed by atoms with van der Waals surface area (Å²) in [5.74, 6) is 0.723. The molecule has 2 aromatic carbocycles. The molecule has 1 N–H and O–H groups in total. The van der Waals surface area contributed by atoms with Gasteiger partial charge in [0.05, 0.1) is 0 Å². The minimum atomic E-state index is 0.432. The summed E-state index contributed by atoms with van der Waals surface area (Å²) in [5.41, 5.74) is 4.18. The van der Waals surface area contributed by atoms with Gasteiger partial charge in [-0.1, -0.05) is 57.9 Å². The summed E-state index contributed by atoms with van der Waals surface area (Å²) in [6, 6.07) is 18.7. The van der Waals surface area contributed by atoms with E-state index in [-0.39, 0.29) is 0 Å². The first-order valence-electron chi connectivity index (χ1n) is 7.70. The molecule has 2 aromatic rings. The van der Waals surface area contributed by atoms with Crippen molar-refractivity contribution in [1.82, 2.24) is 5.32 Å². The molecule has 1 nitrogen and oxygen atoms in total. The molecule has 1 saturated carbocycles. The second-order valence-electron chi connectivity index (χ2n) is 6.22. The molecule has 1 unspecified atom stereocenters. The number of hydrogen-bond acceptors (Lipinski definition) is 1. The van der Waals surface area contributed by atoms with E-state index in [0.29, 0.717) is 12.1 Å². The molecule has 0 spiro atoms. The third kappa shape index (κ3) is 3.56. The first kappa shape index (κ1) is 14.8. The van der Waals surface area contributed by atoms with Crippen LogP contribution in [0.3, 0.4) is 0 Å². The van der Waals surface area contributed by atoms with Crippen LogP contribution in [0.25, 0.3) is 0 Å². The van der Waals surface area contributed by atoms with Gasteiger partial charge < -0.3 is 5.32 Å². The molecule has 0 amide bonds. The first-order chi connectivity index (χ1) is 10.1. The van der Waals surface area contributed by atoms with Gasteiger partial charge in [-0.25, -0.2) is 0 Å². The van der Waals surface area contributed by atoms with Crippen LogP contribution in [0.5, 0.6) is 0 Å². The van der Waals surface area contributed by atoms with Gasteiger partial charge in [-0.2, -0.15) is 0 Å².